The first kappa shape index (κ1) is 12.3. The topological polar surface area (TPSA) is 57.2 Å². The van der Waals surface area contributed by atoms with Crippen LogP contribution in [0.1, 0.15) is 19.8 Å². The van der Waals surface area contributed by atoms with Crippen LogP contribution in [0.5, 0.6) is 0 Å². The van der Waals surface area contributed by atoms with Crippen molar-refractivity contribution in [1.82, 2.24) is 0 Å². The molecule has 0 aromatic heterocycles. The summed E-state index contributed by atoms with van der Waals surface area (Å²) in [4.78, 5) is 0. The van der Waals surface area contributed by atoms with Crippen LogP contribution in [-0.2, 0) is 32.5 Å². The summed E-state index contributed by atoms with van der Waals surface area (Å²) in [6.07, 6.45) is 1.23. The summed E-state index contributed by atoms with van der Waals surface area (Å²) in [7, 11) is -3.94. The number of rotatable bonds is 3. The van der Waals surface area contributed by atoms with Crippen molar-refractivity contribution >= 4 is 10.1 Å². The van der Waals surface area contributed by atoms with Gasteiger partial charge in [0.1, 0.15) is 0 Å². The van der Waals surface area contributed by atoms with Gasteiger partial charge < -0.3 is 4.55 Å². The Kier molecular flexibility index (Phi) is 7.45. The molecule has 0 aliphatic heterocycles. The van der Waals surface area contributed by atoms with Gasteiger partial charge in [-0.25, -0.2) is 8.42 Å². The summed E-state index contributed by atoms with van der Waals surface area (Å²) in [6.45, 7) is 1.84. The molecule has 0 unspecified atom stereocenters. The zero-order chi connectivity index (χ0) is 6.62. The van der Waals surface area contributed by atoms with Gasteiger partial charge in [-0.3, -0.25) is 0 Å². The normalized spacial score (nSPS) is 10.4. The first-order valence-corrected chi connectivity index (χ1v) is 4.07. The Morgan fingerprint density at radius 1 is 1.44 bits per heavy atom. The number of unbranched alkanes of at least 4 members (excludes halogenated alkanes) is 1. The number of hydrogen-bond acceptors (Lipinski definition) is 3. The molecule has 0 aromatic carbocycles. The van der Waals surface area contributed by atoms with Crippen LogP contribution in [-0.4, -0.2) is 18.7 Å². The minimum Gasteiger partial charge on any atom is -0.748 e. The molecule has 9 heavy (non-hydrogen) atoms. The molecule has 60 valence electrons. The van der Waals surface area contributed by atoms with Crippen molar-refractivity contribution in [2.75, 3.05) is 5.75 Å². The Bertz CT molecular complexity index is 140. The van der Waals surface area contributed by atoms with E-state index in [0.717, 1.165) is 6.42 Å². The molecule has 0 spiro atoms. The predicted octanol–water partition coefficient (Wildman–Crippen LogP) is 0.329. The zero-order valence-corrected chi connectivity index (χ0v) is 7.35. The van der Waals surface area contributed by atoms with Crippen molar-refractivity contribution in [3.8, 4) is 0 Å². The van der Waals surface area contributed by atoms with Crippen LogP contribution in [0.2, 0.25) is 0 Å². The fourth-order valence-corrected chi connectivity index (χ4v) is 0.963. The van der Waals surface area contributed by atoms with Crippen LogP contribution < -0.4 is 0 Å². The quantitative estimate of drug-likeness (QED) is 0.531. The molecule has 0 aliphatic carbocycles. The van der Waals surface area contributed by atoms with Gasteiger partial charge in [0.25, 0.3) is 0 Å². The van der Waals surface area contributed by atoms with Gasteiger partial charge in [0.2, 0.25) is 0 Å². The van der Waals surface area contributed by atoms with Crippen molar-refractivity contribution in [3.63, 3.8) is 0 Å². The predicted molar refractivity (Wildman–Crippen MR) is 29.5 cm³/mol. The molecular weight excluding hydrogens is 236 g/mol. The molecule has 0 atom stereocenters. The smallest absolute Gasteiger partial charge is 0.748 e. The largest absolute Gasteiger partial charge is 1.00 e. The maximum absolute atomic E-state index is 9.83. The molecule has 0 radical (unpaired) electrons. The summed E-state index contributed by atoms with van der Waals surface area (Å²) in [6, 6.07) is 0. The van der Waals surface area contributed by atoms with Crippen LogP contribution >= 0.6 is 0 Å². The van der Waals surface area contributed by atoms with Crippen LogP contribution in [0.3, 0.4) is 0 Å². The van der Waals surface area contributed by atoms with Gasteiger partial charge >= 0.3 is 22.4 Å². The van der Waals surface area contributed by atoms with Gasteiger partial charge in [-0.2, -0.15) is 0 Å². The van der Waals surface area contributed by atoms with E-state index in [9.17, 15) is 13.0 Å². The second kappa shape index (κ2) is 5.44. The Morgan fingerprint density at radius 2 is 1.89 bits per heavy atom. The van der Waals surface area contributed by atoms with E-state index in [-0.39, 0.29) is 28.1 Å². The van der Waals surface area contributed by atoms with E-state index in [2.05, 4.69) is 0 Å². The third-order valence-corrected chi connectivity index (χ3v) is 1.54. The second-order valence-corrected chi connectivity index (χ2v) is 3.14. The summed E-state index contributed by atoms with van der Waals surface area (Å²) >= 11 is 0. The Hall–Kier alpha value is 0.650. The average Bonchev–Trinajstić information content (AvgIpc) is 1.59. The Labute approximate surface area is 71.1 Å². The van der Waals surface area contributed by atoms with Crippen molar-refractivity contribution in [2.45, 2.75) is 19.8 Å². The van der Waals surface area contributed by atoms with E-state index in [0.29, 0.717) is 6.42 Å². The molecule has 0 amide bonds. The minimum atomic E-state index is -3.94. The molecule has 0 N–H and O–H groups in total. The fraction of sp³-hybridized carbons (Fsp3) is 1.00. The molecule has 0 heterocycles. The summed E-state index contributed by atoms with van der Waals surface area (Å²) in [5.41, 5.74) is 0. The molecule has 0 saturated heterocycles. The Balaban J connectivity index is 0. The molecule has 0 aliphatic rings. The molecular formula is C4H9AgO3S. The van der Waals surface area contributed by atoms with Crippen LogP contribution in [0.25, 0.3) is 0 Å². The van der Waals surface area contributed by atoms with E-state index in [1.54, 1.807) is 0 Å². The van der Waals surface area contributed by atoms with Crippen LogP contribution in [0.15, 0.2) is 0 Å². The monoisotopic (exact) mass is 244 g/mol. The summed E-state index contributed by atoms with van der Waals surface area (Å²) < 4.78 is 29.5. The maximum atomic E-state index is 9.83. The van der Waals surface area contributed by atoms with Crippen molar-refractivity contribution in [2.24, 2.45) is 0 Å². The zero-order valence-electron chi connectivity index (χ0n) is 5.06. The van der Waals surface area contributed by atoms with Crippen molar-refractivity contribution in [1.29, 1.82) is 0 Å². The third-order valence-electron chi connectivity index (χ3n) is 0.748. The Morgan fingerprint density at radius 3 is 2.00 bits per heavy atom. The van der Waals surface area contributed by atoms with Crippen LogP contribution in [0.4, 0.5) is 0 Å². The second-order valence-electron chi connectivity index (χ2n) is 1.62. The van der Waals surface area contributed by atoms with E-state index in [1.165, 1.54) is 0 Å². The van der Waals surface area contributed by atoms with Gasteiger partial charge in [0, 0.05) is 5.75 Å². The molecule has 0 fully saturated rings. The fourth-order valence-electron chi connectivity index (χ4n) is 0.321. The van der Waals surface area contributed by atoms with Crippen molar-refractivity contribution in [3.05, 3.63) is 0 Å². The first-order chi connectivity index (χ1) is 3.56. The summed E-state index contributed by atoms with van der Waals surface area (Å²) in [5.74, 6) is -0.219. The molecule has 0 rings (SSSR count). The average molecular weight is 245 g/mol. The molecule has 0 saturated carbocycles. The van der Waals surface area contributed by atoms with Gasteiger partial charge in [-0.05, 0) is 6.42 Å². The summed E-state index contributed by atoms with van der Waals surface area (Å²) in [5, 5.41) is 0. The first-order valence-electron chi connectivity index (χ1n) is 2.50. The third kappa shape index (κ3) is 12.0. The van der Waals surface area contributed by atoms with Gasteiger partial charge in [-0.1, -0.05) is 13.3 Å². The molecule has 0 aromatic rings. The standard InChI is InChI=1S/C4H10O3S.Ag/c1-2-3-4-8(5,6)7;/h2-4H2,1H3,(H,5,6,7);/q;+1/p-1. The van der Waals surface area contributed by atoms with Gasteiger partial charge in [0.15, 0.2) is 0 Å². The van der Waals surface area contributed by atoms with Crippen molar-refractivity contribution < 1.29 is 35.4 Å². The minimum absolute atomic E-state index is 0. The number of hydrogen-bond donors (Lipinski definition) is 0. The van der Waals surface area contributed by atoms with Crippen LogP contribution in [0, 0.1) is 0 Å². The van der Waals surface area contributed by atoms with E-state index < -0.39 is 10.1 Å². The van der Waals surface area contributed by atoms with Gasteiger partial charge in [-0.15, -0.1) is 0 Å². The van der Waals surface area contributed by atoms with E-state index in [1.807, 2.05) is 6.92 Å². The molecule has 5 heteroatoms. The molecule has 0 bridgehead atoms. The van der Waals surface area contributed by atoms with E-state index in [4.69, 9.17) is 0 Å². The van der Waals surface area contributed by atoms with Gasteiger partial charge in [0.05, 0.1) is 10.1 Å². The maximum Gasteiger partial charge on any atom is 1.00 e. The van der Waals surface area contributed by atoms with E-state index >= 15 is 0 Å². The molecule has 3 nitrogen and oxygen atoms in total. The SMILES string of the molecule is CCCCS(=O)(=O)[O-].[Ag+].